The van der Waals surface area contributed by atoms with Crippen LogP contribution in [-0.2, 0) is 4.79 Å². The Labute approximate surface area is 62.1 Å². The van der Waals surface area contributed by atoms with Crippen LogP contribution in [0.25, 0.3) is 0 Å². The molecule has 0 aliphatic heterocycles. The average Bonchev–Trinajstić information content (AvgIpc) is 1.88. The molecule has 0 bridgehead atoms. The molecule has 1 atom stereocenters. The molecular formula is C9H14O. The first-order valence-electron chi connectivity index (χ1n) is 3.94. The maximum Gasteiger partial charge on any atom is 0.120 e. The highest BCUT2D eigenvalue weighted by Gasteiger charge is 2.09. The van der Waals surface area contributed by atoms with E-state index in [0.29, 0.717) is 5.92 Å². The summed E-state index contributed by atoms with van der Waals surface area (Å²) in [5.41, 5.74) is 1.46. The summed E-state index contributed by atoms with van der Waals surface area (Å²) >= 11 is 0. The normalized spacial score (nSPS) is 25.7. The molecule has 1 heteroatoms. The largest absolute Gasteiger partial charge is 0.303 e. The Kier molecular flexibility index (Phi) is 2.67. The topological polar surface area (TPSA) is 17.1 Å². The number of allylic oxidation sites excluding steroid dienone is 2. The van der Waals surface area contributed by atoms with E-state index in [2.05, 4.69) is 13.0 Å². The van der Waals surface area contributed by atoms with E-state index in [4.69, 9.17) is 0 Å². The van der Waals surface area contributed by atoms with Gasteiger partial charge in [0.15, 0.2) is 0 Å². The molecule has 1 aliphatic carbocycles. The number of carbonyl (C=O) groups excluding carboxylic acids is 1. The van der Waals surface area contributed by atoms with Crippen molar-refractivity contribution in [2.24, 2.45) is 5.92 Å². The van der Waals surface area contributed by atoms with Gasteiger partial charge < -0.3 is 4.79 Å². The maximum absolute atomic E-state index is 10.2. The predicted molar refractivity (Wildman–Crippen MR) is 41.8 cm³/mol. The Bertz CT molecular complexity index is 147. The molecule has 1 nitrogen and oxygen atoms in total. The fraction of sp³-hybridized carbons (Fsp3) is 0.667. The summed E-state index contributed by atoms with van der Waals surface area (Å²) in [5, 5.41) is 0. The molecule has 10 heavy (non-hydrogen) atoms. The number of hydrogen-bond donors (Lipinski definition) is 0. The van der Waals surface area contributed by atoms with Crippen molar-refractivity contribution in [1.29, 1.82) is 0 Å². The summed E-state index contributed by atoms with van der Waals surface area (Å²) < 4.78 is 0. The van der Waals surface area contributed by atoms with Gasteiger partial charge in [0.2, 0.25) is 0 Å². The van der Waals surface area contributed by atoms with Crippen molar-refractivity contribution >= 4 is 6.29 Å². The first-order chi connectivity index (χ1) is 4.83. The SMILES string of the molecule is CC1=C[C@H](CC=O)CCC1. The van der Waals surface area contributed by atoms with Crippen molar-refractivity contribution < 1.29 is 4.79 Å². The lowest BCUT2D eigenvalue weighted by Gasteiger charge is -2.16. The molecule has 0 unspecified atom stereocenters. The molecule has 56 valence electrons. The lowest BCUT2D eigenvalue weighted by molar-refractivity contribution is -0.108. The zero-order valence-electron chi connectivity index (χ0n) is 6.47. The second-order valence-electron chi connectivity index (χ2n) is 3.07. The van der Waals surface area contributed by atoms with E-state index in [1.54, 1.807) is 0 Å². The number of aldehydes is 1. The van der Waals surface area contributed by atoms with E-state index < -0.39 is 0 Å². The molecule has 0 spiro atoms. The van der Waals surface area contributed by atoms with E-state index >= 15 is 0 Å². The Morgan fingerprint density at radius 3 is 3.20 bits per heavy atom. The van der Waals surface area contributed by atoms with Gasteiger partial charge in [-0.3, -0.25) is 0 Å². The van der Waals surface area contributed by atoms with Crippen LogP contribution in [-0.4, -0.2) is 6.29 Å². The quantitative estimate of drug-likeness (QED) is 0.423. The van der Waals surface area contributed by atoms with Gasteiger partial charge in [0, 0.05) is 6.42 Å². The number of carbonyl (C=O) groups is 1. The Hall–Kier alpha value is -0.590. The lowest BCUT2D eigenvalue weighted by Crippen LogP contribution is -2.03. The van der Waals surface area contributed by atoms with E-state index in [1.165, 1.54) is 24.8 Å². The third-order valence-electron chi connectivity index (χ3n) is 2.07. The van der Waals surface area contributed by atoms with Gasteiger partial charge in [-0.2, -0.15) is 0 Å². The average molecular weight is 138 g/mol. The molecular weight excluding hydrogens is 124 g/mol. The molecule has 1 rings (SSSR count). The third kappa shape index (κ3) is 1.98. The summed E-state index contributed by atoms with van der Waals surface area (Å²) in [6.07, 6.45) is 7.70. The monoisotopic (exact) mass is 138 g/mol. The molecule has 0 aromatic carbocycles. The van der Waals surface area contributed by atoms with E-state index in [-0.39, 0.29) is 0 Å². The van der Waals surface area contributed by atoms with Crippen LogP contribution in [0.4, 0.5) is 0 Å². The molecule has 0 N–H and O–H groups in total. The molecule has 0 amide bonds. The molecule has 0 aromatic heterocycles. The molecule has 0 aromatic rings. The van der Waals surface area contributed by atoms with E-state index in [0.717, 1.165) is 12.7 Å². The molecule has 0 radical (unpaired) electrons. The third-order valence-corrected chi connectivity index (χ3v) is 2.07. The van der Waals surface area contributed by atoms with Crippen molar-refractivity contribution in [3.8, 4) is 0 Å². The fourth-order valence-electron chi connectivity index (χ4n) is 1.52. The minimum atomic E-state index is 0.547. The maximum atomic E-state index is 10.2. The molecule has 1 aliphatic rings. The highest BCUT2D eigenvalue weighted by atomic mass is 16.1. The summed E-state index contributed by atoms with van der Waals surface area (Å²) in [6.45, 7) is 2.15. The van der Waals surface area contributed by atoms with Crippen molar-refractivity contribution in [2.45, 2.75) is 32.6 Å². The highest BCUT2D eigenvalue weighted by Crippen LogP contribution is 2.23. The summed E-state index contributed by atoms with van der Waals surface area (Å²) in [4.78, 5) is 10.2. The second-order valence-corrected chi connectivity index (χ2v) is 3.07. The van der Waals surface area contributed by atoms with Crippen LogP contribution in [0, 0.1) is 5.92 Å². The van der Waals surface area contributed by atoms with Crippen LogP contribution in [0.5, 0.6) is 0 Å². The first kappa shape index (κ1) is 7.52. The van der Waals surface area contributed by atoms with E-state index in [9.17, 15) is 4.79 Å². The molecule has 0 heterocycles. The second kappa shape index (κ2) is 3.55. The Morgan fingerprint density at radius 2 is 2.60 bits per heavy atom. The molecule has 0 saturated carbocycles. The number of hydrogen-bond acceptors (Lipinski definition) is 1. The van der Waals surface area contributed by atoms with E-state index in [1.807, 2.05) is 0 Å². The van der Waals surface area contributed by atoms with Crippen LogP contribution in [0.2, 0.25) is 0 Å². The van der Waals surface area contributed by atoms with Crippen LogP contribution in [0.1, 0.15) is 32.6 Å². The van der Waals surface area contributed by atoms with Gasteiger partial charge in [0.05, 0.1) is 0 Å². The minimum absolute atomic E-state index is 0.547. The zero-order chi connectivity index (χ0) is 7.40. The Morgan fingerprint density at radius 1 is 1.80 bits per heavy atom. The standard InChI is InChI=1S/C9H14O/c1-8-3-2-4-9(7-8)5-6-10/h6-7,9H,2-5H2,1H3/t9-/m0/s1. The fourth-order valence-corrected chi connectivity index (χ4v) is 1.52. The van der Waals surface area contributed by atoms with Crippen LogP contribution in [0.3, 0.4) is 0 Å². The first-order valence-corrected chi connectivity index (χ1v) is 3.94. The Balaban J connectivity index is 2.45. The summed E-state index contributed by atoms with van der Waals surface area (Å²) in [7, 11) is 0. The molecule has 0 saturated heterocycles. The molecule has 0 fully saturated rings. The van der Waals surface area contributed by atoms with Crippen molar-refractivity contribution in [1.82, 2.24) is 0 Å². The van der Waals surface area contributed by atoms with Gasteiger partial charge in [0.25, 0.3) is 0 Å². The summed E-state index contributed by atoms with van der Waals surface area (Å²) in [5.74, 6) is 0.547. The van der Waals surface area contributed by atoms with Crippen LogP contribution < -0.4 is 0 Å². The van der Waals surface area contributed by atoms with Gasteiger partial charge in [-0.25, -0.2) is 0 Å². The smallest absolute Gasteiger partial charge is 0.120 e. The van der Waals surface area contributed by atoms with Gasteiger partial charge in [-0.1, -0.05) is 11.6 Å². The zero-order valence-corrected chi connectivity index (χ0v) is 6.47. The highest BCUT2D eigenvalue weighted by molar-refractivity contribution is 5.50. The van der Waals surface area contributed by atoms with Crippen molar-refractivity contribution in [2.75, 3.05) is 0 Å². The van der Waals surface area contributed by atoms with Crippen LogP contribution in [0.15, 0.2) is 11.6 Å². The van der Waals surface area contributed by atoms with Crippen LogP contribution >= 0.6 is 0 Å². The van der Waals surface area contributed by atoms with Crippen molar-refractivity contribution in [3.05, 3.63) is 11.6 Å². The minimum Gasteiger partial charge on any atom is -0.303 e. The number of rotatable bonds is 2. The van der Waals surface area contributed by atoms with Gasteiger partial charge in [-0.05, 0) is 32.1 Å². The van der Waals surface area contributed by atoms with Gasteiger partial charge >= 0.3 is 0 Å². The predicted octanol–water partition coefficient (Wildman–Crippen LogP) is 2.32. The van der Waals surface area contributed by atoms with Gasteiger partial charge in [0.1, 0.15) is 6.29 Å². The van der Waals surface area contributed by atoms with Crippen molar-refractivity contribution in [3.63, 3.8) is 0 Å². The van der Waals surface area contributed by atoms with Gasteiger partial charge in [-0.15, -0.1) is 0 Å². The lowest BCUT2D eigenvalue weighted by atomic mass is 9.89. The summed E-state index contributed by atoms with van der Waals surface area (Å²) in [6, 6.07) is 0.